The van der Waals surface area contributed by atoms with Crippen molar-refractivity contribution in [2.75, 3.05) is 19.5 Å². The maximum Gasteiger partial charge on any atom is 0.243 e. The van der Waals surface area contributed by atoms with Crippen molar-refractivity contribution in [1.29, 1.82) is 0 Å². The zero-order valence-corrected chi connectivity index (χ0v) is 15.8. The molecule has 0 bridgehead atoms. The molecule has 2 atom stereocenters. The summed E-state index contributed by atoms with van der Waals surface area (Å²) in [4.78, 5) is 12.6. The first-order valence-corrected chi connectivity index (χ1v) is 8.76. The summed E-state index contributed by atoms with van der Waals surface area (Å²) in [6.45, 7) is 0. The summed E-state index contributed by atoms with van der Waals surface area (Å²) >= 11 is 12.1. The van der Waals surface area contributed by atoms with Gasteiger partial charge in [-0.15, -0.1) is 0 Å². The van der Waals surface area contributed by atoms with Crippen molar-refractivity contribution in [3.63, 3.8) is 0 Å². The number of hydrogen-bond acceptors (Lipinski definition) is 5. The van der Waals surface area contributed by atoms with E-state index >= 15 is 0 Å². The Labute approximate surface area is 161 Å². The standard InChI is InChI=1S/C18H19Cl2N3O3/c1-25-16-9-14(17(26-2)7-12(16)20)21-18(24)15-8-13(22-23-15)10-4-3-5-11(19)6-10/h3-7,9,13,15,22-23H,8H2,1-2H3,(H,21,24). The quantitative estimate of drug-likeness (QED) is 0.721. The maximum atomic E-state index is 12.6. The number of anilines is 1. The lowest BCUT2D eigenvalue weighted by atomic mass is 10.0. The molecule has 26 heavy (non-hydrogen) atoms. The molecule has 0 aromatic heterocycles. The molecule has 2 unspecified atom stereocenters. The van der Waals surface area contributed by atoms with Crippen LogP contribution >= 0.6 is 23.2 Å². The van der Waals surface area contributed by atoms with E-state index < -0.39 is 6.04 Å². The van der Waals surface area contributed by atoms with Gasteiger partial charge >= 0.3 is 0 Å². The Balaban J connectivity index is 1.71. The molecule has 0 saturated carbocycles. The van der Waals surface area contributed by atoms with Crippen LogP contribution in [0, 0.1) is 0 Å². The van der Waals surface area contributed by atoms with Gasteiger partial charge in [0.05, 0.1) is 24.9 Å². The number of benzene rings is 2. The molecule has 2 aromatic rings. The lowest BCUT2D eigenvalue weighted by Gasteiger charge is -2.15. The smallest absolute Gasteiger partial charge is 0.243 e. The van der Waals surface area contributed by atoms with Gasteiger partial charge < -0.3 is 14.8 Å². The van der Waals surface area contributed by atoms with E-state index in [4.69, 9.17) is 32.7 Å². The Morgan fingerprint density at radius 3 is 2.58 bits per heavy atom. The average Bonchev–Trinajstić information content (AvgIpc) is 3.13. The van der Waals surface area contributed by atoms with Crippen molar-refractivity contribution in [2.24, 2.45) is 0 Å². The minimum Gasteiger partial charge on any atom is -0.495 e. The molecule has 0 aliphatic carbocycles. The minimum absolute atomic E-state index is 0.00824. The number of ether oxygens (including phenoxy) is 2. The Morgan fingerprint density at radius 1 is 1.12 bits per heavy atom. The molecular formula is C18H19Cl2N3O3. The molecule has 2 aromatic carbocycles. The highest BCUT2D eigenvalue weighted by Gasteiger charge is 2.30. The van der Waals surface area contributed by atoms with Gasteiger partial charge in [0, 0.05) is 23.2 Å². The Hall–Kier alpha value is -1.99. The molecule has 3 N–H and O–H groups in total. The van der Waals surface area contributed by atoms with E-state index in [9.17, 15) is 4.79 Å². The van der Waals surface area contributed by atoms with Crippen molar-refractivity contribution < 1.29 is 14.3 Å². The van der Waals surface area contributed by atoms with Crippen LogP contribution in [0.2, 0.25) is 10.0 Å². The van der Waals surface area contributed by atoms with Crippen molar-refractivity contribution >= 4 is 34.8 Å². The van der Waals surface area contributed by atoms with Crippen LogP contribution in [0.4, 0.5) is 5.69 Å². The van der Waals surface area contributed by atoms with Gasteiger partial charge in [-0.2, -0.15) is 0 Å². The first-order chi connectivity index (χ1) is 12.5. The van der Waals surface area contributed by atoms with E-state index in [1.54, 1.807) is 12.1 Å². The van der Waals surface area contributed by atoms with Crippen LogP contribution in [-0.2, 0) is 4.79 Å². The first-order valence-electron chi connectivity index (χ1n) is 8.00. The summed E-state index contributed by atoms with van der Waals surface area (Å²) in [7, 11) is 3.02. The topological polar surface area (TPSA) is 71.6 Å². The van der Waals surface area contributed by atoms with Gasteiger partial charge in [-0.1, -0.05) is 35.3 Å². The Morgan fingerprint density at radius 2 is 1.88 bits per heavy atom. The van der Waals surface area contributed by atoms with Crippen molar-refractivity contribution in [1.82, 2.24) is 10.9 Å². The molecule has 1 fully saturated rings. The highest BCUT2D eigenvalue weighted by Crippen LogP contribution is 2.36. The van der Waals surface area contributed by atoms with E-state index in [1.165, 1.54) is 14.2 Å². The number of methoxy groups -OCH3 is 2. The van der Waals surface area contributed by atoms with E-state index in [-0.39, 0.29) is 11.9 Å². The number of hydrazine groups is 1. The molecule has 8 heteroatoms. The third kappa shape index (κ3) is 4.04. The number of carbonyl (C=O) groups excluding carboxylic acids is 1. The molecule has 1 saturated heterocycles. The molecule has 1 heterocycles. The van der Waals surface area contributed by atoms with E-state index in [2.05, 4.69) is 16.2 Å². The summed E-state index contributed by atoms with van der Waals surface area (Å²) in [6.07, 6.45) is 0.583. The highest BCUT2D eigenvalue weighted by molar-refractivity contribution is 6.32. The molecule has 6 nitrogen and oxygen atoms in total. The lowest BCUT2D eigenvalue weighted by molar-refractivity contribution is -0.117. The summed E-state index contributed by atoms with van der Waals surface area (Å²) in [5, 5.41) is 3.93. The molecule has 138 valence electrons. The van der Waals surface area contributed by atoms with Crippen LogP contribution in [0.15, 0.2) is 36.4 Å². The van der Waals surface area contributed by atoms with Gasteiger partial charge in [0.2, 0.25) is 5.91 Å². The number of carbonyl (C=O) groups is 1. The molecule has 1 amide bonds. The molecule has 1 aliphatic heterocycles. The van der Waals surface area contributed by atoms with E-state index in [0.717, 1.165) is 5.56 Å². The fourth-order valence-electron chi connectivity index (χ4n) is 2.85. The van der Waals surface area contributed by atoms with Crippen LogP contribution in [0.3, 0.4) is 0 Å². The van der Waals surface area contributed by atoms with Crippen molar-refractivity contribution in [2.45, 2.75) is 18.5 Å². The van der Waals surface area contributed by atoms with Crippen molar-refractivity contribution in [3.8, 4) is 11.5 Å². The largest absolute Gasteiger partial charge is 0.495 e. The summed E-state index contributed by atoms with van der Waals surface area (Å²) < 4.78 is 10.5. The average molecular weight is 396 g/mol. The van der Waals surface area contributed by atoms with Crippen LogP contribution in [0.1, 0.15) is 18.0 Å². The Kier molecular flexibility index (Phi) is 5.88. The lowest BCUT2D eigenvalue weighted by Crippen LogP contribution is -2.39. The third-order valence-corrected chi connectivity index (χ3v) is 4.73. The fraction of sp³-hybridized carbons (Fsp3) is 0.278. The first kappa shape index (κ1) is 18.8. The van der Waals surface area contributed by atoms with Gasteiger partial charge in [0.25, 0.3) is 0 Å². The molecule has 1 aliphatic rings. The van der Waals surface area contributed by atoms with E-state index in [1.807, 2.05) is 24.3 Å². The second-order valence-electron chi connectivity index (χ2n) is 5.86. The number of halogens is 2. The summed E-state index contributed by atoms with van der Waals surface area (Å²) in [5.74, 6) is 0.725. The summed E-state index contributed by atoms with van der Waals surface area (Å²) in [6, 6.07) is 10.4. The van der Waals surface area contributed by atoms with Crippen LogP contribution < -0.4 is 25.6 Å². The maximum absolute atomic E-state index is 12.6. The second kappa shape index (κ2) is 8.14. The van der Waals surface area contributed by atoms with Gasteiger partial charge in [-0.25, -0.2) is 10.9 Å². The SMILES string of the molecule is COc1cc(NC(=O)C2CC(c3cccc(Cl)c3)NN2)c(OC)cc1Cl. The molecule has 3 rings (SSSR count). The predicted octanol–water partition coefficient (Wildman–Crippen LogP) is 3.56. The molecule has 0 radical (unpaired) electrons. The zero-order chi connectivity index (χ0) is 18.7. The number of amides is 1. The Bertz CT molecular complexity index is 816. The number of hydrogen-bond donors (Lipinski definition) is 3. The van der Waals surface area contributed by atoms with Crippen molar-refractivity contribution in [3.05, 3.63) is 52.0 Å². The van der Waals surface area contributed by atoms with Gasteiger partial charge in [0.1, 0.15) is 17.5 Å². The van der Waals surface area contributed by atoms with Gasteiger partial charge in [-0.05, 0) is 24.1 Å². The number of rotatable bonds is 5. The molecular weight excluding hydrogens is 377 g/mol. The second-order valence-corrected chi connectivity index (χ2v) is 6.70. The summed E-state index contributed by atoms with van der Waals surface area (Å²) in [5.41, 5.74) is 7.66. The molecule has 0 spiro atoms. The number of nitrogens with one attached hydrogen (secondary N) is 3. The minimum atomic E-state index is -0.412. The zero-order valence-electron chi connectivity index (χ0n) is 14.3. The van der Waals surface area contributed by atoms with Crippen LogP contribution in [0.25, 0.3) is 0 Å². The predicted molar refractivity (Wildman–Crippen MR) is 102 cm³/mol. The van der Waals surface area contributed by atoms with Gasteiger partial charge in [0.15, 0.2) is 0 Å². The third-order valence-electron chi connectivity index (χ3n) is 4.20. The van der Waals surface area contributed by atoms with E-state index in [0.29, 0.717) is 33.7 Å². The van der Waals surface area contributed by atoms with Crippen LogP contribution in [-0.4, -0.2) is 26.2 Å². The fourth-order valence-corrected chi connectivity index (χ4v) is 3.28. The highest BCUT2D eigenvalue weighted by atomic mass is 35.5. The monoisotopic (exact) mass is 395 g/mol. The van der Waals surface area contributed by atoms with Gasteiger partial charge in [-0.3, -0.25) is 4.79 Å². The van der Waals surface area contributed by atoms with Crippen LogP contribution in [0.5, 0.6) is 11.5 Å². The normalized spacial score (nSPS) is 19.2.